The number of sulfone groups is 1. The first kappa shape index (κ1) is 12.0. The second-order valence-corrected chi connectivity index (χ2v) is 6.44. The number of nitrogens with zero attached hydrogens (tertiary/aromatic N) is 2. The van der Waals surface area contributed by atoms with E-state index in [9.17, 15) is 13.2 Å². The van der Waals surface area contributed by atoms with Crippen LogP contribution in [0.3, 0.4) is 0 Å². The minimum absolute atomic E-state index is 0.00831. The van der Waals surface area contributed by atoms with E-state index in [1.165, 1.54) is 18.3 Å². The van der Waals surface area contributed by atoms with Crippen molar-refractivity contribution in [2.24, 2.45) is 5.92 Å². The largest absolute Gasteiger partial charge is 0.338 e. The van der Waals surface area contributed by atoms with Gasteiger partial charge in [0.1, 0.15) is 0 Å². The summed E-state index contributed by atoms with van der Waals surface area (Å²) in [6.45, 7) is 3.59. The van der Waals surface area contributed by atoms with Crippen LogP contribution in [0.4, 0.5) is 0 Å². The number of amides is 1. The SMILES string of the molecule is CC1CN(C(=O)c2ccc(S(C)(=O)=O)nc2)C1. The average molecular weight is 254 g/mol. The van der Waals surface area contributed by atoms with Gasteiger partial charge in [-0.15, -0.1) is 0 Å². The molecular formula is C11H14N2O3S. The van der Waals surface area contributed by atoms with Crippen LogP contribution in [0.1, 0.15) is 17.3 Å². The molecule has 92 valence electrons. The fourth-order valence-electron chi connectivity index (χ4n) is 1.77. The second kappa shape index (κ2) is 4.10. The molecule has 1 saturated heterocycles. The summed E-state index contributed by atoms with van der Waals surface area (Å²) >= 11 is 0. The smallest absolute Gasteiger partial charge is 0.255 e. The van der Waals surface area contributed by atoms with Gasteiger partial charge in [0.25, 0.3) is 5.91 Å². The Morgan fingerprint density at radius 3 is 2.47 bits per heavy atom. The molecule has 0 bridgehead atoms. The lowest BCUT2D eigenvalue weighted by Gasteiger charge is -2.37. The zero-order valence-corrected chi connectivity index (χ0v) is 10.6. The monoisotopic (exact) mass is 254 g/mol. The van der Waals surface area contributed by atoms with E-state index in [0.717, 1.165) is 19.3 Å². The quantitative estimate of drug-likeness (QED) is 0.774. The van der Waals surface area contributed by atoms with Gasteiger partial charge < -0.3 is 4.90 Å². The molecule has 2 rings (SSSR count). The Labute approximate surface area is 100 Å². The third-order valence-electron chi connectivity index (χ3n) is 2.71. The number of carbonyl (C=O) groups is 1. The van der Waals surface area contributed by atoms with Crippen LogP contribution in [0.2, 0.25) is 0 Å². The molecule has 1 aromatic heterocycles. The molecule has 0 unspecified atom stereocenters. The molecule has 1 aromatic rings. The Hall–Kier alpha value is -1.43. The highest BCUT2D eigenvalue weighted by Crippen LogP contribution is 2.17. The first-order valence-electron chi connectivity index (χ1n) is 5.33. The highest BCUT2D eigenvalue weighted by Gasteiger charge is 2.28. The summed E-state index contributed by atoms with van der Waals surface area (Å²) in [7, 11) is -3.30. The van der Waals surface area contributed by atoms with E-state index in [4.69, 9.17) is 0 Å². The average Bonchev–Trinajstić information content (AvgIpc) is 2.23. The summed E-state index contributed by atoms with van der Waals surface area (Å²) in [6.07, 6.45) is 2.41. The standard InChI is InChI=1S/C11H14N2O3S/c1-8-6-13(7-8)11(14)9-3-4-10(12-5-9)17(2,15)16/h3-5,8H,6-7H2,1-2H3. The lowest BCUT2D eigenvalue weighted by molar-refractivity contribution is 0.0530. The fourth-order valence-corrected chi connectivity index (χ4v) is 2.33. The Balaban J connectivity index is 2.16. The lowest BCUT2D eigenvalue weighted by Crippen LogP contribution is -2.48. The number of hydrogen-bond acceptors (Lipinski definition) is 4. The Bertz CT molecular complexity index is 530. The molecule has 1 aliphatic heterocycles. The van der Waals surface area contributed by atoms with Crippen LogP contribution in [-0.2, 0) is 9.84 Å². The highest BCUT2D eigenvalue weighted by molar-refractivity contribution is 7.90. The summed E-state index contributed by atoms with van der Waals surface area (Å²) in [5.74, 6) is 0.456. The van der Waals surface area contributed by atoms with Gasteiger partial charge in [-0.3, -0.25) is 4.79 Å². The molecule has 17 heavy (non-hydrogen) atoms. The molecule has 0 spiro atoms. The van der Waals surface area contributed by atoms with E-state index in [0.29, 0.717) is 11.5 Å². The lowest BCUT2D eigenvalue weighted by atomic mass is 10.0. The number of likely N-dealkylation sites (tertiary alicyclic amines) is 1. The van der Waals surface area contributed by atoms with Gasteiger partial charge in [-0.2, -0.15) is 0 Å². The molecule has 2 heterocycles. The highest BCUT2D eigenvalue weighted by atomic mass is 32.2. The number of aromatic nitrogens is 1. The minimum atomic E-state index is -3.30. The van der Waals surface area contributed by atoms with Crippen molar-refractivity contribution in [1.82, 2.24) is 9.88 Å². The maximum atomic E-state index is 11.9. The molecule has 0 aliphatic carbocycles. The van der Waals surface area contributed by atoms with Crippen LogP contribution >= 0.6 is 0 Å². The number of carbonyl (C=O) groups excluding carboxylic acids is 1. The number of hydrogen-bond donors (Lipinski definition) is 0. The minimum Gasteiger partial charge on any atom is -0.338 e. The maximum Gasteiger partial charge on any atom is 0.255 e. The number of pyridine rings is 1. The van der Waals surface area contributed by atoms with E-state index in [-0.39, 0.29) is 10.9 Å². The summed E-state index contributed by atoms with van der Waals surface area (Å²) in [6, 6.07) is 2.88. The summed E-state index contributed by atoms with van der Waals surface area (Å²) in [5, 5.41) is -0.00831. The molecule has 0 atom stereocenters. The summed E-state index contributed by atoms with van der Waals surface area (Å²) < 4.78 is 22.4. The van der Waals surface area contributed by atoms with Crippen LogP contribution < -0.4 is 0 Å². The molecular weight excluding hydrogens is 240 g/mol. The van der Waals surface area contributed by atoms with Gasteiger partial charge in [0.05, 0.1) is 5.56 Å². The van der Waals surface area contributed by atoms with Crippen molar-refractivity contribution in [2.75, 3.05) is 19.3 Å². The molecule has 6 heteroatoms. The van der Waals surface area contributed by atoms with Crippen molar-refractivity contribution in [2.45, 2.75) is 11.9 Å². The normalized spacial score (nSPS) is 16.7. The third-order valence-corrected chi connectivity index (χ3v) is 3.72. The van der Waals surface area contributed by atoms with Crippen LogP contribution in [-0.4, -0.2) is 43.6 Å². The zero-order chi connectivity index (χ0) is 12.6. The van der Waals surface area contributed by atoms with Crippen molar-refractivity contribution in [3.8, 4) is 0 Å². The van der Waals surface area contributed by atoms with Gasteiger partial charge in [0.15, 0.2) is 14.9 Å². The van der Waals surface area contributed by atoms with Crippen LogP contribution in [0, 0.1) is 5.92 Å². The molecule has 5 nitrogen and oxygen atoms in total. The Kier molecular flexibility index (Phi) is 2.91. The van der Waals surface area contributed by atoms with Gasteiger partial charge in [-0.25, -0.2) is 13.4 Å². The van der Waals surface area contributed by atoms with Gasteiger partial charge in [-0.1, -0.05) is 6.92 Å². The van der Waals surface area contributed by atoms with Crippen LogP contribution in [0.5, 0.6) is 0 Å². The first-order valence-corrected chi connectivity index (χ1v) is 7.22. The van der Waals surface area contributed by atoms with Gasteiger partial charge >= 0.3 is 0 Å². The summed E-state index contributed by atoms with van der Waals surface area (Å²) in [5.41, 5.74) is 0.435. The van der Waals surface area contributed by atoms with E-state index in [1.807, 2.05) is 0 Å². The Morgan fingerprint density at radius 2 is 2.06 bits per heavy atom. The van der Waals surface area contributed by atoms with Crippen molar-refractivity contribution in [1.29, 1.82) is 0 Å². The molecule has 0 N–H and O–H groups in total. The molecule has 0 radical (unpaired) electrons. The molecule has 0 aromatic carbocycles. The fraction of sp³-hybridized carbons (Fsp3) is 0.455. The van der Waals surface area contributed by atoms with Crippen molar-refractivity contribution < 1.29 is 13.2 Å². The number of rotatable bonds is 2. The molecule has 1 aliphatic rings. The zero-order valence-electron chi connectivity index (χ0n) is 9.75. The maximum absolute atomic E-state index is 11.9. The van der Waals surface area contributed by atoms with E-state index < -0.39 is 9.84 Å². The van der Waals surface area contributed by atoms with Crippen molar-refractivity contribution in [3.05, 3.63) is 23.9 Å². The van der Waals surface area contributed by atoms with Gasteiger partial charge in [-0.05, 0) is 18.1 Å². The van der Waals surface area contributed by atoms with E-state index in [1.54, 1.807) is 4.90 Å². The van der Waals surface area contributed by atoms with Gasteiger partial charge in [0, 0.05) is 25.5 Å². The summed E-state index contributed by atoms with van der Waals surface area (Å²) in [4.78, 5) is 17.4. The van der Waals surface area contributed by atoms with E-state index >= 15 is 0 Å². The predicted molar refractivity (Wildman–Crippen MR) is 62.4 cm³/mol. The van der Waals surface area contributed by atoms with Crippen molar-refractivity contribution in [3.63, 3.8) is 0 Å². The molecule has 0 saturated carbocycles. The topological polar surface area (TPSA) is 67.3 Å². The van der Waals surface area contributed by atoms with Crippen molar-refractivity contribution >= 4 is 15.7 Å². The molecule has 1 fully saturated rings. The van der Waals surface area contributed by atoms with E-state index in [2.05, 4.69) is 11.9 Å². The third kappa shape index (κ3) is 2.46. The molecule has 1 amide bonds. The van der Waals surface area contributed by atoms with Crippen LogP contribution in [0.15, 0.2) is 23.4 Å². The first-order chi connectivity index (χ1) is 7.88. The Morgan fingerprint density at radius 1 is 1.41 bits per heavy atom. The predicted octanol–water partition coefficient (Wildman–Crippen LogP) is 0.577. The van der Waals surface area contributed by atoms with Gasteiger partial charge in [0.2, 0.25) is 0 Å². The van der Waals surface area contributed by atoms with Crippen LogP contribution in [0.25, 0.3) is 0 Å². The second-order valence-electron chi connectivity index (χ2n) is 4.47.